The van der Waals surface area contributed by atoms with E-state index in [0.29, 0.717) is 4.75 Å². The normalized spacial score (nSPS) is 23.4. The minimum atomic E-state index is 0.440. The Morgan fingerprint density at radius 2 is 1.90 bits per heavy atom. The van der Waals surface area contributed by atoms with Gasteiger partial charge in [0.15, 0.2) is 0 Å². The average molecular weight is 158 g/mol. The number of thiol groups is 1. The van der Waals surface area contributed by atoms with E-state index in [-0.39, 0.29) is 0 Å². The van der Waals surface area contributed by atoms with Crippen LogP contribution in [0.4, 0.5) is 0 Å². The quantitative estimate of drug-likeness (QED) is 0.598. The summed E-state index contributed by atoms with van der Waals surface area (Å²) >= 11 is 4.72. The molecule has 0 saturated heterocycles. The number of hydrogen-bond acceptors (Lipinski definition) is 1. The van der Waals surface area contributed by atoms with Crippen LogP contribution in [0, 0.1) is 0 Å². The molecule has 0 aromatic rings. The molecule has 1 heteroatoms. The molecular weight excluding hydrogens is 140 g/mol. The van der Waals surface area contributed by atoms with Crippen molar-refractivity contribution >= 4 is 12.6 Å². The van der Waals surface area contributed by atoms with Gasteiger partial charge in [-0.1, -0.05) is 32.6 Å². The van der Waals surface area contributed by atoms with Crippen molar-refractivity contribution in [1.82, 2.24) is 0 Å². The van der Waals surface area contributed by atoms with Gasteiger partial charge < -0.3 is 0 Å². The summed E-state index contributed by atoms with van der Waals surface area (Å²) in [5, 5.41) is 0. The Morgan fingerprint density at radius 3 is 2.40 bits per heavy atom. The van der Waals surface area contributed by atoms with Gasteiger partial charge in [-0.3, -0.25) is 0 Å². The van der Waals surface area contributed by atoms with Crippen LogP contribution in [0.3, 0.4) is 0 Å². The molecule has 0 atom stereocenters. The van der Waals surface area contributed by atoms with Gasteiger partial charge in [-0.15, -0.1) is 0 Å². The molecule has 0 bridgehead atoms. The van der Waals surface area contributed by atoms with Gasteiger partial charge in [0.05, 0.1) is 0 Å². The summed E-state index contributed by atoms with van der Waals surface area (Å²) in [4.78, 5) is 0. The topological polar surface area (TPSA) is 0 Å². The first kappa shape index (κ1) is 8.45. The van der Waals surface area contributed by atoms with E-state index in [1.807, 2.05) is 0 Å². The van der Waals surface area contributed by atoms with Crippen molar-refractivity contribution in [3.8, 4) is 0 Å². The summed E-state index contributed by atoms with van der Waals surface area (Å²) in [6, 6.07) is 0. The maximum atomic E-state index is 4.72. The minimum Gasteiger partial charge on any atom is -0.173 e. The Hall–Kier alpha value is 0.350. The second-order valence-corrected chi connectivity index (χ2v) is 4.48. The molecule has 1 aliphatic rings. The van der Waals surface area contributed by atoms with Crippen LogP contribution in [-0.4, -0.2) is 4.75 Å². The van der Waals surface area contributed by atoms with Crippen LogP contribution in [0.25, 0.3) is 0 Å². The van der Waals surface area contributed by atoms with Gasteiger partial charge in [0.25, 0.3) is 0 Å². The van der Waals surface area contributed by atoms with Crippen LogP contribution in [0.1, 0.15) is 51.9 Å². The van der Waals surface area contributed by atoms with E-state index in [1.54, 1.807) is 0 Å². The van der Waals surface area contributed by atoms with Gasteiger partial charge in [0, 0.05) is 4.75 Å². The molecule has 0 unspecified atom stereocenters. The van der Waals surface area contributed by atoms with Gasteiger partial charge in [-0.2, -0.15) is 12.6 Å². The lowest BCUT2D eigenvalue weighted by molar-refractivity contribution is 0.532. The lowest BCUT2D eigenvalue weighted by Crippen LogP contribution is -2.15. The van der Waals surface area contributed by atoms with Crippen LogP contribution in [0.2, 0.25) is 0 Å². The van der Waals surface area contributed by atoms with Crippen molar-refractivity contribution in [3.63, 3.8) is 0 Å². The third kappa shape index (κ3) is 2.19. The second kappa shape index (κ2) is 3.66. The van der Waals surface area contributed by atoms with Crippen LogP contribution < -0.4 is 0 Å². The molecule has 0 N–H and O–H groups in total. The predicted molar refractivity (Wildman–Crippen MR) is 49.7 cm³/mol. The molecule has 1 rings (SSSR count). The highest BCUT2D eigenvalue weighted by Crippen LogP contribution is 2.39. The van der Waals surface area contributed by atoms with Gasteiger partial charge in [0.2, 0.25) is 0 Å². The zero-order valence-corrected chi connectivity index (χ0v) is 7.79. The number of rotatable bonds is 3. The summed E-state index contributed by atoms with van der Waals surface area (Å²) in [5.41, 5.74) is 0. The van der Waals surface area contributed by atoms with E-state index in [1.165, 1.54) is 44.9 Å². The summed E-state index contributed by atoms with van der Waals surface area (Å²) in [6.07, 6.45) is 9.56. The average Bonchev–Trinajstić information content (AvgIpc) is 2.33. The molecule has 0 aromatic heterocycles. The molecular formula is C9H18S. The highest BCUT2D eigenvalue weighted by Gasteiger charge is 2.28. The lowest BCUT2D eigenvalue weighted by atomic mass is 10.00. The van der Waals surface area contributed by atoms with E-state index in [0.717, 1.165) is 0 Å². The molecule has 0 aromatic carbocycles. The highest BCUT2D eigenvalue weighted by molar-refractivity contribution is 7.81. The Bertz CT molecular complexity index is 92.9. The first-order valence-corrected chi connectivity index (χ1v) is 4.94. The largest absolute Gasteiger partial charge is 0.173 e. The summed E-state index contributed by atoms with van der Waals surface area (Å²) in [7, 11) is 0. The fraction of sp³-hybridized carbons (Fsp3) is 1.00. The van der Waals surface area contributed by atoms with Gasteiger partial charge in [0.1, 0.15) is 0 Å². The van der Waals surface area contributed by atoms with Crippen molar-refractivity contribution in [2.75, 3.05) is 0 Å². The monoisotopic (exact) mass is 158 g/mol. The van der Waals surface area contributed by atoms with Crippen LogP contribution >= 0.6 is 12.6 Å². The van der Waals surface area contributed by atoms with Crippen molar-refractivity contribution in [2.24, 2.45) is 0 Å². The van der Waals surface area contributed by atoms with Crippen molar-refractivity contribution < 1.29 is 0 Å². The molecule has 60 valence electrons. The molecule has 1 aliphatic carbocycles. The smallest absolute Gasteiger partial charge is 0.0130 e. The first-order chi connectivity index (χ1) is 4.77. The zero-order valence-electron chi connectivity index (χ0n) is 6.90. The van der Waals surface area contributed by atoms with E-state index in [2.05, 4.69) is 6.92 Å². The molecule has 0 radical (unpaired) electrons. The van der Waals surface area contributed by atoms with Crippen molar-refractivity contribution in [1.29, 1.82) is 0 Å². The highest BCUT2D eigenvalue weighted by atomic mass is 32.1. The number of unbranched alkanes of at least 4 members (excludes halogenated alkanes) is 1. The molecule has 0 aliphatic heterocycles. The van der Waals surface area contributed by atoms with Gasteiger partial charge >= 0.3 is 0 Å². The maximum absolute atomic E-state index is 4.72. The fourth-order valence-electron chi connectivity index (χ4n) is 1.79. The molecule has 0 nitrogen and oxygen atoms in total. The summed E-state index contributed by atoms with van der Waals surface area (Å²) < 4.78 is 0.440. The first-order valence-electron chi connectivity index (χ1n) is 4.49. The second-order valence-electron chi connectivity index (χ2n) is 3.54. The van der Waals surface area contributed by atoms with Crippen molar-refractivity contribution in [2.45, 2.75) is 56.6 Å². The third-order valence-corrected chi connectivity index (χ3v) is 3.20. The lowest BCUT2D eigenvalue weighted by Gasteiger charge is -2.21. The number of hydrogen-bond donors (Lipinski definition) is 1. The van der Waals surface area contributed by atoms with E-state index in [4.69, 9.17) is 12.6 Å². The van der Waals surface area contributed by atoms with Gasteiger partial charge in [-0.05, 0) is 19.3 Å². The SMILES string of the molecule is CCCCC1(S)CCCC1. The molecule has 0 spiro atoms. The summed E-state index contributed by atoms with van der Waals surface area (Å²) in [6.45, 7) is 2.26. The fourth-order valence-corrected chi connectivity index (χ4v) is 2.26. The van der Waals surface area contributed by atoms with E-state index < -0.39 is 0 Å². The third-order valence-electron chi connectivity index (χ3n) is 2.53. The standard InChI is InChI=1S/C9H18S/c1-2-3-6-9(10)7-4-5-8-9/h10H,2-8H2,1H3. The molecule has 1 saturated carbocycles. The van der Waals surface area contributed by atoms with Crippen LogP contribution in [-0.2, 0) is 0 Å². The zero-order chi connectivity index (χ0) is 7.45. The minimum absolute atomic E-state index is 0.440. The Labute approximate surface area is 69.8 Å². The Balaban J connectivity index is 2.22. The van der Waals surface area contributed by atoms with E-state index in [9.17, 15) is 0 Å². The predicted octanol–water partition coefficient (Wildman–Crippen LogP) is 3.42. The molecule has 0 heterocycles. The molecule has 0 amide bonds. The van der Waals surface area contributed by atoms with Crippen molar-refractivity contribution in [3.05, 3.63) is 0 Å². The maximum Gasteiger partial charge on any atom is 0.0130 e. The van der Waals surface area contributed by atoms with Crippen LogP contribution in [0.5, 0.6) is 0 Å². The van der Waals surface area contributed by atoms with E-state index >= 15 is 0 Å². The Kier molecular flexibility index (Phi) is 3.09. The molecule has 1 fully saturated rings. The summed E-state index contributed by atoms with van der Waals surface area (Å²) in [5.74, 6) is 0. The molecule has 10 heavy (non-hydrogen) atoms. The Morgan fingerprint density at radius 1 is 1.30 bits per heavy atom. The van der Waals surface area contributed by atoms with Crippen LogP contribution in [0.15, 0.2) is 0 Å². The van der Waals surface area contributed by atoms with Gasteiger partial charge in [-0.25, -0.2) is 0 Å².